The maximum Gasteiger partial charge on any atom is 0.226 e. The van der Waals surface area contributed by atoms with Gasteiger partial charge in [0.25, 0.3) is 0 Å². The van der Waals surface area contributed by atoms with Crippen molar-refractivity contribution in [2.45, 2.75) is 19.4 Å². The van der Waals surface area contributed by atoms with Gasteiger partial charge in [0.2, 0.25) is 5.91 Å². The summed E-state index contributed by atoms with van der Waals surface area (Å²) in [6.45, 7) is 3.99. The summed E-state index contributed by atoms with van der Waals surface area (Å²) in [5, 5.41) is 4.01. The van der Waals surface area contributed by atoms with Crippen LogP contribution in [0.2, 0.25) is 5.02 Å². The van der Waals surface area contributed by atoms with E-state index in [0.717, 1.165) is 17.7 Å². The molecule has 1 aliphatic heterocycles. The Morgan fingerprint density at radius 2 is 2.12 bits per heavy atom. The molecule has 0 bridgehead atoms. The van der Waals surface area contributed by atoms with Crippen LogP contribution in [0.1, 0.15) is 24.1 Å². The van der Waals surface area contributed by atoms with E-state index < -0.39 is 0 Å². The number of benzene rings is 2. The standard InChI is InChI=1S/C20H22ClFN2O/c1-14(11-15-5-4-6-16(22)12-15)20(25)24-10-9-23-13-19(24)17-7-2-3-8-18(17)21/h2-8,12,14,19,23H,9-11,13H2,1H3. The Kier molecular flexibility index (Phi) is 5.71. The number of piperazine rings is 1. The van der Waals surface area contributed by atoms with Crippen LogP contribution >= 0.6 is 11.6 Å². The van der Waals surface area contributed by atoms with E-state index in [2.05, 4.69) is 5.32 Å². The lowest BCUT2D eigenvalue weighted by Crippen LogP contribution is -2.50. The Hall–Kier alpha value is -1.91. The number of rotatable bonds is 4. The van der Waals surface area contributed by atoms with Gasteiger partial charge in [-0.1, -0.05) is 48.9 Å². The molecule has 2 aromatic carbocycles. The Labute approximate surface area is 152 Å². The van der Waals surface area contributed by atoms with Gasteiger partial charge >= 0.3 is 0 Å². The van der Waals surface area contributed by atoms with E-state index in [1.54, 1.807) is 6.07 Å². The second-order valence-electron chi connectivity index (χ2n) is 6.51. The predicted molar refractivity (Wildman–Crippen MR) is 98.0 cm³/mol. The lowest BCUT2D eigenvalue weighted by molar-refractivity contribution is -0.138. The number of carbonyl (C=O) groups is 1. The lowest BCUT2D eigenvalue weighted by atomic mass is 9.96. The van der Waals surface area contributed by atoms with Crippen molar-refractivity contribution in [1.29, 1.82) is 0 Å². The van der Waals surface area contributed by atoms with Gasteiger partial charge in [0.05, 0.1) is 6.04 Å². The molecule has 5 heteroatoms. The number of hydrogen-bond acceptors (Lipinski definition) is 2. The minimum absolute atomic E-state index is 0.0788. The van der Waals surface area contributed by atoms with Gasteiger partial charge in [-0.15, -0.1) is 0 Å². The molecule has 2 unspecified atom stereocenters. The van der Waals surface area contributed by atoms with Gasteiger partial charge in [-0.05, 0) is 35.7 Å². The van der Waals surface area contributed by atoms with E-state index in [1.165, 1.54) is 12.1 Å². The van der Waals surface area contributed by atoms with Crippen molar-refractivity contribution in [3.8, 4) is 0 Å². The molecule has 3 rings (SSSR count). The van der Waals surface area contributed by atoms with Gasteiger partial charge in [0.1, 0.15) is 5.82 Å². The zero-order chi connectivity index (χ0) is 17.8. The maximum atomic E-state index is 13.4. The zero-order valence-electron chi connectivity index (χ0n) is 14.2. The first-order valence-corrected chi connectivity index (χ1v) is 8.94. The Morgan fingerprint density at radius 1 is 1.32 bits per heavy atom. The second-order valence-corrected chi connectivity index (χ2v) is 6.92. The summed E-state index contributed by atoms with van der Waals surface area (Å²) < 4.78 is 13.4. The molecule has 0 radical (unpaired) electrons. The quantitative estimate of drug-likeness (QED) is 0.898. The third-order valence-corrected chi connectivity index (χ3v) is 4.99. The number of amides is 1. The number of nitrogens with zero attached hydrogens (tertiary/aromatic N) is 1. The highest BCUT2D eigenvalue weighted by Crippen LogP contribution is 2.30. The molecule has 0 aliphatic carbocycles. The van der Waals surface area contributed by atoms with Crippen molar-refractivity contribution < 1.29 is 9.18 Å². The first-order valence-electron chi connectivity index (χ1n) is 8.56. The van der Waals surface area contributed by atoms with E-state index in [0.29, 0.717) is 24.5 Å². The Morgan fingerprint density at radius 3 is 2.88 bits per heavy atom. The van der Waals surface area contributed by atoms with Crippen LogP contribution in [0.5, 0.6) is 0 Å². The van der Waals surface area contributed by atoms with Crippen LogP contribution in [0.25, 0.3) is 0 Å². The third kappa shape index (κ3) is 4.20. The lowest BCUT2D eigenvalue weighted by Gasteiger charge is -2.38. The van der Waals surface area contributed by atoms with Crippen molar-refractivity contribution >= 4 is 17.5 Å². The fraction of sp³-hybridized carbons (Fsp3) is 0.350. The minimum Gasteiger partial charge on any atom is -0.333 e. The van der Waals surface area contributed by atoms with E-state index in [1.807, 2.05) is 42.2 Å². The van der Waals surface area contributed by atoms with Crippen LogP contribution in [0.3, 0.4) is 0 Å². The van der Waals surface area contributed by atoms with Crippen LogP contribution in [-0.4, -0.2) is 30.4 Å². The van der Waals surface area contributed by atoms with Crippen molar-refractivity contribution in [2.24, 2.45) is 5.92 Å². The van der Waals surface area contributed by atoms with Gasteiger partial charge in [-0.25, -0.2) is 4.39 Å². The third-order valence-electron chi connectivity index (χ3n) is 4.64. The molecule has 3 nitrogen and oxygen atoms in total. The fourth-order valence-electron chi connectivity index (χ4n) is 3.38. The average molecular weight is 361 g/mol. The molecule has 1 N–H and O–H groups in total. The van der Waals surface area contributed by atoms with Crippen LogP contribution in [0.4, 0.5) is 4.39 Å². The summed E-state index contributed by atoms with van der Waals surface area (Å²) in [5.74, 6) is -0.408. The van der Waals surface area contributed by atoms with Gasteiger partial charge in [0, 0.05) is 30.6 Å². The first-order chi connectivity index (χ1) is 12.1. The molecule has 2 aromatic rings. The molecule has 132 valence electrons. The fourth-order valence-corrected chi connectivity index (χ4v) is 3.64. The highest BCUT2D eigenvalue weighted by Gasteiger charge is 2.31. The topological polar surface area (TPSA) is 32.3 Å². The summed E-state index contributed by atoms with van der Waals surface area (Å²) in [6.07, 6.45) is 0.524. The van der Waals surface area contributed by atoms with E-state index in [4.69, 9.17) is 11.6 Å². The van der Waals surface area contributed by atoms with Gasteiger partial charge in [0.15, 0.2) is 0 Å². The van der Waals surface area contributed by atoms with Crippen molar-refractivity contribution in [1.82, 2.24) is 10.2 Å². The van der Waals surface area contributed by atoms with Crippen LogP contribution in [-0.2, 0) is 11.2 Å². The molecule has 0 spiro atoms. The Bertz CT molecular complexity index is 752. The van der Waals surface area contributed by atoms with Crippen molar-refractivity contribution in [2.75, 3.05) is 19.6 Å². The van der Waals surface area contributed by atoms with E-state index in [-0.39, 0.29) is 23.7 Å². The second kappa shape index (κ2) is 7.98. The van der Waals surface area contributed by atoms with Crippen LogP contribution in [0, 0.1) is 11.7 Å². The highest BCUT2D eigenvalue weighted by atomic mass is 35.5. The SMILES string of the molecule is CC(Cc1cccc(F)c1)C(=O)N1CCNCC1c1ccccc1Cl. The van der Waals surface area contributed by atoms with Gasteiger partial charge < -0.3 is 10.2 Å². The molecule has 1 fully saturated rings. The molecule has 0 saturated carbocycles. The van der Waals surface area contributed by atoms with Gasteiger partial charge in [-0.3, -0.25) is 4.79 Å². The molecule has 0 aromatic heterocycles. The predicted octanol–water partition coefficient (Wildman–Crippen LogP) is 3.83. The van der Waals surface area contributed by atoms with E-state index >= 15 is 0 Å². The van der Waals surface area contributed by atoms with Gasteiger partial charge in [-0.2, -0.15) is 0 Å². The number of hydrogen-bond donors (Lipinski definition) is 1. The molecular formula is C20H22ClFN2O. The smallest absolute Gasteiger partial charge is 0.226 e. The maximum absolute atomic E-state index is 13.4. The largest absolute Gasteiger partial charge is 0.333 e. The normalized spacial score (nSPS) is 18.8. The summed E-state index contributed by atoms with van der Waals surface area (Å²) in [6, 6.07) is 14.0. The molecule has 1 heterocycles. The average Bonchev–Trinajstić information content (AvgIpc) is 2.61. The first kappa shape index (κ1) is 17.9. The molecule has 2 atom stereocenters. The summed E-state index contributed by atoms with van der Waals surface area (Å²) in [7, 11) is 0. The molecule has 1 aliphatic rings. The minimum atomic E-state index is -0.270. The molecular weight excluding hydrogens is 339 g/mol. The monoisotopic (exact) mass is 360 g/mol. The van der Waals surface area contributed by atoms with Crippen molar-refractivity contribution in [3.63, 3.8) is 0 Å². The van der Waals surface area contributed by atoms with E-state index in [9.17, 15) is 9.18 Å². The summed E-state index contributed by atoms with van der Waals surface area (Å²) in [4.78, 5) is 14.9. The summed E-state index contributed by atoms with van der Waals surface area (Å²) in [5.41, 5.74) is 1.80. The molecule has 1 saturated heterocycles. The zero-order valence-corrected chi connectivity index (χ0v) is 15.0. The van der Waals surface area contributed by atoms with Crippen LogP contribution in [0.15, 0.2) is 48.5 Å². The number of carbonyl (C=O) groups excluding carboxylic acids is 1. The van der Waals surface area contributed by atoms with Crippen molar-refractivity contribution in [3.05, 3.63) is 70.5 Å². The Balaban J connectivity index is 1.77. The number of nitrogens with one attached hydrogen (secondary N) is 1. The number of halogens is 2. The molecule has 1 amide bonds. The molecule has 25 heavy (non-hydrogen) atoms. The highest BCUT2D eigenvalue weighted by molar-refractivity contribution is 6.31. The van der Waals surface area contributed by atoms with Crippen LogP contribution < -0.4 is 5.32 Å². The summed E-state index contributed by atoms with van der Waals surface area (Å²) >= 11 is 6.35.